The highest BCUT2D eigenvalue weighted by Gasteiger charge is 2.30. The van der Waals surface area contributed by atoms with E-state index in [1.165, 1.54) is 12.1 Å². The Morgan fingerprint density at radius 3 is 2.67 bits per heavy atom. The molecule has 1 atom stereocenters. The third-order valence-electron chi connectivity index (χ3n) is 3.22. The predicted molar refractivity (Wildman–Crippen MR) is 68.1 cm³/mol. The molecular weight excluding hydrogens is 233 g/mol. The SMILES string of the molecule is CN(CCOc1ccc(F)cc1)CC(O)C1CC1. The van der Waals surface area contributed by atoms with Crippen LogP contribution in [0.1, 0.15) is 12.8 Å². The van der Waals surface area contributed by atoms with Crippen molar-refractivity contribution < 1.29 is 14.2 Å². The first-order valence-corrected chi connectivity index (χ1v) is 6.40. The molecule has 0 heterocycles. The van der Waals surface area contributed by atoms with Crippen LogP contribution in [0.4, 0.5) is 4.39 Å². The molecule has 0 aromatic heterocycles. The van der Waals surface area contributed by atoms with Crippen molar-refractivity contribution in [2.75, 3.05) is 26.7 Å². The number of nitrogens with zero attached hydrogens (tertiary/aromatic N) is 1. The van der Waals surface area contributed by atoms with Crippen molar-refractivity contribution in [3.8, 4) is 5.75 Å². The van der Waals surface area contributed by atoms with Crippen LogP contribution in [0, 0.1) is 11.7 Å². The Morgan fingerprint density at radius 1 is 1.39 bits per heavy atom. The summed E-state index contributed by atoms with van der Waals surface area (Å²) in [5.74, 6) is 0.921. The zero-order valence-electron chi connectivity index (χ0n) is 10.7. The van der Waals surface area contributed by atoms with E-state index >= 15 is 0 Å². The molecule has 0 aliphatic heterocycles. The highest BCUT2D eigenvalue weighted by molar-refractivity contribution is 5.21. The van der Waals surface area contributed by atoms with Crippen LogP contribution >= 0.6 is 0 Å². The minimum absolute atomic E-state index is 0.208. The number of rotatable bonds is 7. The lowest BCUT2D eigenvalue weighted by Gasteiger charge is -2.20. The molecule has 0 radical (unpaired) electrons. The predicted octanol–water partition coefficient (Wildman–Crippen LogP) is 1.91. The van der Waals surface area contributed by atoms with Crippen molar-refractivity contribution in [2.24, 2.45) is 5.92 Å². The Hall–Kier alpha value is -1.13. The molecule has 1 aliphatic carbocycles. The maximum absolute atomic E-state index is 12.7. The standard InChI is InChI=1S/C14H20FNO2/c1-16(10-14(17)11-2-3-11)8-9-18-13-6-4-12(15)5-7-13/h4-7,11,14,17H,2-3,8-10H2,1H3. The lowest BCUT2D eigenvalue weighted by Crippen LogP contribution is -2.33. The average Bonchev–Trinajstić information content (AvgIpc) is 3.15. The van der Waals surface area contributed by atoms with Crippen molar-refractivity contribution in [1.82, 2.24) is 4.90 Å². The van der Waals surface area contributed by atoms with Gasteiger partial charge in [0.2, 0.25) is 0 Å². The first kappa shape index (κ1) is 13.3. The van der Waals surface area contributed by atoms with E-state index < -0.39 is 0 Å². The van der Waals surface area contributed by atoms with Gasteiger partial charge in [-0.1, -0.05) is 0 Å². The molecule has 0 saturated heterocycles. The highest BCUT2D eigenvalue weighted by Crippen LogP contribution is 2.32. The van der Waals surface area contributed by atoms with E-state index in [9.17, 15) is 9.50 Å². The molecule has 1 fully saturated rings. The molecule has 4 heteroatoms. The molecule has 0 spiro atoms. The number of hydrogen-bond acceptors (Lipinski definition) is 3. The molecule has 1 N–H and O–H groups in total. The smallest absolute Gasteiger partial charge is 0.123 e. The quantitative estimate of drug-likeness (QED) is 0.805. The molecule has 1 aromatic rings. The number of ether oxygens (including phenoxy) is 1. The Balaban J connectivity index is 1.63. The van der Waals surface area contributed by atoms with Crippen molar-refractivity contribution in [1.29, 1.82) is 0 Å². The van der Waals surface area contributed by atoms with Crippen molar-refractivity contribution in [2.45, 2.75) is 18.9 Å². The van der Waals surface area contributed by atoms with E-state index in [0.717, 1.165) is 19.4 Å². The fraction of sp³-hybridized carbons (Fsp3) is 0.571. The van der Waals surface area contributed by atoms with Crippen LogP contribution in [0.25, 0.3) is 0 Å². The van der Waals surface area contributed by atoms with Gasteiger partial charge < -0.3 is 14.7 Å². The zero-order valence-corrected chi connectivity index (χ0v) is 10.7. The Kier molecular flexibility index (Phi) is 4.55. The van der Waals surface area contributed by atoms with E-state index in [1.54, 1.807) is 12.1 Å². The Morgan fingerprint density at radius 2 is 2.06 bits per heavy atom. The molecule has 1 saturated carbocycles. The normalized spacial score (nSPS) is 16.9. The maximum atomic E-state index is 12.7. The van der Waals surface area contributed by atoms with Gasteiger partial charge in [0.15, 0.2) is 0 Å². The van der Waals surface area contributed by atoms with E-state index in [2.05, 4.69) is 4.90 Å². The van der Waals surface area contributed by atoms with Gasteiger partial charge in [0.05, 0.1) is 6.10 Å². The van der Waals surface area contributed by atoms with Gasteiger partial charge in [0, 0.05) is 13.1 Å². The van der Waals surface area contributed by atoms with Crippen LogP contribution in [0.5, 0.6) is 5.75 Å². The minimum atomic E-state index is -0.257. The summed E-state index contributed by atoms with van der Waals surface area (Å²) in [6.45, 7) is 1.98. The number of aliphatic hydroxyl groups is 1. The van der Waals surface area contributed by atoms with Crippen molar-refractivity contribution >= 4 is 0 Å². The van der Waals surface area contributed by atoms with Crippen LogP contribution in [0.2, 0.25) is 0 Å². The molecule has 3 nitrogen and oxygen atoms in total. The van der Waals surface area contributed by atoms with E-state index in [1.807, 2.05) is 7.05 Å². The monoisotopic (exact) mass is 253 g/mol. The summed E-state index contributed by atoms with van der Waals surface area (Å²) in [5.41, 5.74) is 0. The highest BCUT2D eigenvalue weighted by atomic mass is 19.1. The maximum Gasteiger partial charge on any atom is 0.123 e. The lowest BCUT2D eigenvalue weighted by molar-refractivity contribution is 0.0998. The Bertz CT molecular complexity index is 365. The third kappa shape index (κ3) is 4.27. The molecule has 1 aromatic carbocycles. The number of halogens is 1. The van der Waals surface area contributed by atoms with E-state index in [4.69, 9.17) is 4.74 Å². The van der Waals surface area contributed by atoms with Crippen LogP contribution in [-0.4, -0.2) is 42.9 Å². The summed E-state index contributed by atoms with van der Waals surface area (Å²) < 4.78 is 18.2. The third-order valence-corrected chi connectivity index (χ3v) is 3.22. The first-order chi connectivity index (χ1) is 8.65. The number of hydrogen-bond donors (Lipinski definition) is 1. The summed E-state index contributed by atoms with van der Waals surface area (Å²) >= 11 is 0. The molecule has 1 unspecified atom stereocenters. The van der Waals surface area contributed by atoms with Gasteiger partial charge in [0.1, 0.15) is 18.2 Å². The largest absolute Gasteiger partial charge is 0.492 e. The summed E-state index contributed by atoms with van der Waals surface area (Å²) in [6.07, 6.45) is 2.10. The van der Waals surface area contributed by atoms with E-state index in [-0.39, 0.29) is 11.9 Å². The second-order valence-electron chi connectivity index (χ2n) is 4.97. The lowest BCUT2D eigenvalue weighted by atomic mass is 10.2. The van der Waals surface area contributed by atoms with E-state index in [0.29, 0.717) is 24.8 Å². The van der Waals surface area contributed by atoms with Gasteiger partial charge in [-0.3, -0.25) is 0 Å². The second-order valence-corrected chi connectivity index (χ2v) is 4.97. The topological polar surface area (TPSA) is 32.7 Å². The minimum Gasteiger partial charge on any atom is -0.492 e. The second kappa shape index (κ2) is 6.16. The molecule has 0 bridgehead atoms. The van der Waals surface area contributed by atoms with Gasteiger partial charge in [-0.15, -0.1) is 0 Å². The number of likely N-dealkylation sites (N-methyl/N-ethyl adjacent to an activating group) is 1. The molecule has 18 heavy (non-hydrogen) atoms. The van der Waals surface area contributed by atoms with Gasteiger partial charge in [-0.25, -0.2) is 4.39 Å². The fourth-order valence-electron chi connectivity index (χ4n) is 1.89. The molecule has 0 amide bonds. The number of aliphatic hydroxyl groups excluding tert-OH is 1. The molecular formula is C14H20FNO2. The van der Waals surface area contributed by atoms with Gasteiger partial charge >= 0.3 is 0 Å². The molecule has 2 rings (SSSR count). The summed E-state index contributed by atoms with van der Waals surface area (Å²) in [5, 5.41) is 9.78. The number of benzene rings is 1. The van der Waals surface area contributed by atoms with Crippen LogP contribution in [-0.2, 0) is 0 Å². The van der Waals surface area contributed by atoms with Gasteiger partial charge in [-0.2, -0.15) is 0 Å². The van der Waals surface area contributed by atoms with Crippen LogP contribution < -0.4 is 4.74 Å². The fourth-order valence-corrected chi connectivity index (χ4v) is 1.89. The summed E-state index contributed by atoms with van der Waals surface area (Å²) in [7, 11) is 1.97. The van der Waals surface area contributed by atoms with Crippen molar-refractivity contribution in [3.63, 3.8) is 0 Å². The Labute approximate surface area is 107 Å². The first-order valence-electron chi connectivity index (χ1n) is 6.40. The zero-order chi connectivity index (χ0) is 13.0. The van der Waals surface area contributed by atoms with Gasteiger partial charge in [0.25, 0.3) is 0 Å². The van der Waals surface area contributed by atoms with Gasteiger partial charge in [-0.05, 0) is 50.1 Å². The molecule has 1 aliphatic rings. The average molecular weight is 253 g/mol. The molecule has 100 valence electrons. The summed E-state index contributed by atoms with van der Waals surface area (Å²) in [4.78, 5) is 2.06. The summed E-state index contributed by atoms with van der Waals surface area (Å²) in [6, 6.07) is 6.01. The van der Waals surface area contributed by atoms with Crippen molar-refractivity contribution in [3.05, 3.63) is 30.1 Å². The van der Waals surface area contributed by atoms with Crippen LogP contribution in [0.3, 0.4) is 0 Å². The van der Waals surface area contributed by atoms with Crippen LogP contribution in [0.15, 0.2) is 24.3 Å².